The van der Waals surface area contributed by atoms with Crippen LogP contribution in [0.3, 0.4) is 0 Å². The maximum absolute atomic E-state index is 13.0. The van der Waals surface area contributed by atoms with Gasteiger partial charge in [0, 0.05) is 25.0 Å². The molecule has 0 unspecified atom stereocenters. The Morgan fingerprint density at radius 3 is 2.64 bits per heavy atom. The lowest BCUT2D eigenvalue weighted by Crippen LogP contribution is -2.31. The zero-order valence-corrected chi connectivity index (χ0v) is 18.1. The number of halogens is 1. The minimum Gasteiger partial charge on any atom is -0.481 e. The lowest BCUT2D eigenvalue weighted by molar-refractivity contribution is -0.123. The molecule has 0 aliphatic carbocycles. The summed E-state index contributed by atoms with van der Waals surface area (Å²) in [6.07, 6.45) is 0.988. The fourth-order valence-electron chi connectivity index (χ4n) is 4.09. The van der Waals surface area contributed by atoms with Crippen molar-refractivity contribution in [2.75, 3.05) is 18.1 Å². The molecule has 5 nitrogen and oxygen atoms in total. The van der Waals surface area contributed by atoms with Crippen LogP contribution in [-0.2, 0) is 24.3 Å². The van der Waals surface area contributed by atoms with E-state index >= 15 is 0 Å². The van der Waals surface area contributed by atoms with Gasteiger partial charge in [0.25, 0.3) is 5.91 Å². The zero-order valence-electron chi connectivity index (χ0n) is 18.1. The highest BCUT2D eigenvalue weighted by Crippen LogP contribution is 2.29. The molecule has 166 valence electrons. The zero-order chi connectivity index (χ0) is 22.6. The third-order valence-corrected chi connectivity index (χ3v) is 5.88. The van der Waals surface area contributed by atoms with E-state index in [1.165, 1.54) is 23.3 Å². The maximum Gasteiger partial charge on any atom is 0.258 e. The molecule has 5 rings (SSSR count). The van der Waals surface area contributed by atoms with Gasteiger partial charge in [0.15, 0.2) is 6.61 Å². The third kappa shape index (κ3) is 4.80. The molecule has 2 heterocycles. The second kappa shape index (κ2) is 9.28. The van der Waals surface area contributed by atoms with E-state index in [0.29, 0.717) is 12.3 Å². The minimum atomic E-state index is -0.301. The van der Waals surface area contributed by atoms with Crippen molar-refractivity contribution in [1.82, 2.24) is 10.3 Å². The highest BCUT2D eigenvalue weighted by Gasteiger charge is 2.18. The number of hydrogen-bond acceptors (Lipinski definition) is 4. The van der Waals surface area contributed by atoms with E-state index in [2.05, 4.69) is 34.5 Å². The van der Waals surface area contributed by atoms with Gasteiger partial charge in [-0.05, 0) is 53.4 Å². The molecular weight excluding hydrogens is 417 g/mol. The summed E-state index contributed by atoms with van der Waals surface area (Å²) < 4.78 is 18.9. The van der Waals surface area contributed by atoms with E-state index in [-0.39, 0.29) is 18.3 Å². The van der Waals surface area contributed by atoms with E-state index in [1.807, 2.05) is 30.3 Å². The van der Waals surface area contributed by atoms with E-state index < -0.39 is 0 Å². The number of pyridine rings is 1. The Balaban J connectivity index is 1.27. The predicted molar refractivity (Wildman–Crippen MR) is 127 cm³/mol. The molecule has 1 aliphatic heterocycles. The van der Waals surface area contributed by atoms with Crippen LogP contribution < -0.4 is 15.0 Å². The average Bonchev–Trinajstić information content (AvgIpc) is 2.86. The van der Waals surface area contributed by atoms with Crippen LogP contribution in [0, 0.1) is 5.82 Å². The molecule has 0 bridgehead atoms. The monoisotopic (exact) mass is 441 g/mol. The van der Waals surface area contributed by atoms with Crippen molar-refractivity contribution in [2.45, 2.75) is 19.5 Å². The first kappa shape index (κ1) is 20.9. The Kier molecular flexibility index (Phi) is 5.89. The molecule has 1 N–H and O–H groups in total. The number of ether oxygens (including phenoxy) is 1. The Labute approximate surface area is 191 Å². The van der Waals surface area contributed by atoms with Gasteiger partial charge in [-0.3, -0.25) is 4.79 Å². The number of nitrogens with one attached hydrogen (secondary N) is 1. The number of rotatable bonds is 6. The number of para-hydroxylation sites is 1. The number of fused-ring (bicyclic) bond motifs is 2. The molecule has 3 aromatic carbocycles. The van der Waals surface area contributed by atoms with Crippen LogP contribution in [0.2, 0.25) is 0 Å². The smallest absolute Gasteiger partial charge is 0.258 e. The van der Waals surface area contributed by atoms with Gasteiger partial charge in [0.05, 0.1) is 0 Å². The van der Waals surface area contributed by atoms with Gasteiger partial charge < -0.3 is 15.0 Å². The molecule has 0 saturated heterocycles. The van der Waals surface area contributed by atoms with Crippen LogP contribution in [0.15, 0.2) is 78.9 Å². The molecule has 33 heavy (non-hydrogen) atoms. The number of benzene rings is 3. The number of carbonyl (C=O) groups is 1. The Bertz CT molecular complexity index is 1290. The minimum absolute atomic E-state index is 0.122. The van der Waals surface area contributed by atoms with Crippen LogP contribution in [0.5, 0.6) is 5.75 Å². The predicted octanol–water partition coefficient (Wildman–Crippen LogP) is 4.63. The summed E-state index contributed by atoms with van der Waals surface area (Å²) in [6, 6.07) is 24.3. The van der Waals surface area contributed by atoms with Gasteiger partial charge in [0.1, 0.15) is 22.9 Å². The van der Waals surface area contributed by atoms with Gasteiger partial charge in [-0.25, -0.2) is 9.37 Å². The molecular formula is C27H24FN3O2. The molecule has 1 aliphatic rings. The van der Waals surface area contributed by atoms with Crippen molar-refractivity contribution in [3.05, 3.63) is 101 Å². The lowest BCUT2D eigenvalue weighted by atomic mass is 10.00. The molecule has 6 heteroatoms. The first-order valence-corrected chi connectivity index (χ1v) is 11.0. The molecule has 0 saturated carbocycles. The number of aromatic nitrogens is 1. The SMILES string of the molecule is O=C(COc1cccc2ccc(N3CCc4ccccc4C3)nc12)NCc1ccc(F)cc1. The number of hydrogen-bond donors (Lipinski definition) is 1. The van der Waals surface area contributed by atoms with Crippen molar-refractivity contribution in [3.63, 3.8) is 0 Å². The molecule has 0 radical (unpaired) electrons. The molecule has 4 aromatic rings. The van der Waals surface area contributed by atoms with Crippen LogP contribution in [0.25, 0.3) is 10.9 Å². The van der Waals surface area contributed by atoms with Crippen molar-refractivity contribution in [3.8, 4) is 5.75 Å². The summed E-state index contributed by atoms with van der Waals surface area (Å²) in [6.45, 7) is 1.92. The molecule has 0 atom stereocenters. The topological polar surface area (TPSA) is 54.5 Å². The van der Waals surface area contributed by atoms with Crippen LogP contribution in [-0.4, -0.2) is 24.0 Å². The van der Waals surface area contributed by atoms with E-state index in [1.54, 1.807) is 12.1 Å². The third-order valence-electron chi connectivity index (χ3n) is 5.88. The Hall–Kier alpha value is -3.93. The van der Waals surface area contributed by atoms with Gasteiger partial charge >= 0.3 is 0 Å². The van der Waals surface area contributed by atoms with E-state index in [9.17, 15) is 9.18 Å². The summed E-state index contributed by atoms with van der Waals surface area (Å²) in [4.78, 5) is 19.4. The fraction of sp³-hybridized carbons (Fsp3) is 0.185. The van der Waals surface area contributed by atoms with E-state index in [0.717, 1.165) is 41.8 Å². The van der Waals surface area contributed by atoms with Crippen LogP contribution in [0.1, 0.15) is 16.7 Å². The van der Waals surface area contributed by atoms with Crippen molar-refractivity contribution < 1.29 is 13.9 Å². The van der Waals surface area contributed by atoms with Gasteiger partial charge in [0.2, 0.25) is 0 Å². The summed E-state index contributed by atoms with van der Waals surface area (Å²) >= 11 is 0. The number of amides is 1. The van der Waals surface area contributed by atoms with Gasteiger partial charge in [-0.15, -0.1) is 0 Å². The molecule has 1 amide bonds. The summed E-state index contributed by atoms with van der Waals surface area (Å²) in [5, 5.41) is 3.75. The second-order valence-electron chi connectivity index (χ2n) is 8.13. The molecule has 0 fully saturated rings. The Morgan fingerprint density at radius 2 is 1.79 bits per heavy atom. The van der Waals surface area contributed by atoms with Crippen LogP contribution in [0.4, 0.5) is 10.2 Å². The van der Waals surface area contributed by atoms with Gasteiger partial charge in [-0.1, -0.05) is 48.5 Å². The number of carbonyl (C=O) groups excluding carboxylic acids is 1. The second-order valence-corrected chi connectivity index (χ2v) is 8.13. The largest absolute Gasteiger partial charge is 0.481 e. The summed E-state index contributed by atoms with van der Waals surface area (Å²) in [7, 11) is 0. The van der Waals surface area contributed by atoms with Gasteiger partial charge in [-0.2, -0.15) is 0 Å². The Morgan fingerprint density at radius 1 is 0.970 bits per heavy atom. The highest BCUT2D eigenvalue weighted by atomic mass is 19.1. The fourth-order valence-corrected chi connectivity index (χ4v) is 4.09. The van der Waals surface area contributed by atoms with Crippen molar-refractivity contribution >= 4 is 22.6 Å². The summed E-state index contributed by atoms with van der Waals surface area (Å²) in [5.74, 6) is 0.919. The quantitative estimate of drug-likeness (QED) is 0.474. The average molecular weight is 442 g/mol. The normalized spacial score (nSPS) is 12.9. The first-order chi connectivity index (χ1) is 16.2. The standard InChI is InChI=1S/C27H24FN3O2/c28-23-11-8-19(9-12-23)16-29-26(32)18-33-24-7-3-6-21-10-13-25(30-27(21)24)31-15-14-20-4-1-2-5-22(20)17-31/h1-13H,14-18H2,(H,29,32). The molecule has 0 spiro atoms. The first-order valence-electron chi connectivity index (χ1n) is 11.0. The molecule has 1 aromatic heterocycles. The summed E-state index contributed by atoms with van der Waals surface area (Å²) in [5.41, 5.74) is 4.28. The van der Waals surface area contributed by atoms with Crippen LogP contribution >= 0.6 is 0 Å². The van der Waals surface area contributed by atoms with E-state index in [4.69, 9.17) is 9.72 Å². The lowest BCUT2D eigenvalue weighted by Gasteiger charge is -2.30. The highest BCUT2D eigenvalue weighted by molar-refractivity contribution is 5.86. The maximum atomic E-state index is 13.0. The van der Waals surface area contributed by atoms with Crippen molar-refractivity contribution in [1.29, 1.82) is 0 Å². The number of nitrogens with zero attached hydrogens (tertiary/aromatic N) is 2. The van der Waals surface area contributed by atoms with Crippen molar-refractivity contribution in [2.24, 2.45) is 0 Å². The number of anilines is 1.